The number of nitriles is 1. The maximum Gasteiger partial charge on any atom is 0.0655 e. The van der Waals surface area contributed by atoms with Gasteiger partial charge >= 0.3 is 0 Å². The van der Waals surface area contributed by atoms with Gasteiger partial charge in [0.15, 0.2) is 0 Å². The topological polar surface area (TPSA) is 23.8 Å². The molecule has 0 rings (SSSR count). The highest BCUT2D eigenvalue weighted by atomic mass is 14.3. The van der Waals surface area contributed by atoms with Gasteiger partial charge in [0, 0.05) is 5.92 Å². The van der Waals surface area contributed by atoms with Gasteiger partial charge in [-0.3, -0.25) is 0 Å². The van der Waals surface area contributed by atoms with Crippen molar-refractivity contribution in [1.29, 1.82) is 5.26 Å². The third kappa shape index (κ3) is 17.2. The first kappa shape index (κ1) is 22.0. The van der Waals surface area contributed by atoms with Gasteiger partial charge in [-0.05, 0) is 64.2 Å². The molecule has 1 heteroatoms. The maximum absolute atomic E-state index is 9.24. The maximum atomic E-state index is 9.24. The van der Waals surface area contributed by atoms with E-state index < -0.39 is 0 Å². The van der Waals surface area contributed by atoms with Crippen molar-refractivity contribution < 1.29 is 0 Å². The van der Waals surface area contributed by atoms with Crippen molar-refractivity contribution >= 4 is 0 Å². The van der Waals surface area contributed by atoms with Crippen molar-refractivity contribution in [3.05, 3.63) is 24.3 Å². The van der Waals surface area contributed by atoms with E-state index in [-0.39, 0.29) is 5.92 Å². The molecule has 0 aliphatic carbocycles. The minimum atomic E-state index is 0.261. The molecule has 0 saturated carbocycles. The van der Waals surface area contributed by atoms with Crippen LogP contribution in [0.15, 0.2) is 24.3 Å². The van der Waals surface area contributed by atoms with E-state index in [0.717, 1.165) is 38.5 Å². The molecule has 0 aromatic carbocycles. The summed E-state index contributed by atoms with van der Waals surface area (Å²) in [5.41, 5.74) is 0. The summed E-state index contributed by atoms with van der Waals surface area (Å²) in [4.78, 5) is 0. The third-order valence-corrected chi connectivity index (χ3v) is 4.31. The Hall–Kier alpha value is -1.03. The summed E-state index contributed by atoms with van der Waals surface area (Å²) in [6, 6.07) is 2.49. The Morgan fingerprint density at radius 3 is 1.39 bits per heavy atom. The fourth-order valence-electron chi connectivity index (χ4n) is 2.73. The molecule has 0 N–H and O–H groups in total. The summed E-state index contributed by atoms with van der Waals surface area (Å²) < 4.78 is 0. The molecule has 0 aliphatic heterocycles. The van der Waals surface area contributed by atoms with Gasteiger partial charge < -0.3 is 0 Å². The molecule has 0 aromatic rings. The third-order valence-electron chi connectivity index (χ3n) is 4.31. The minimum Gasteiger partial charge on any atom is -0.198 e. The number of hydrogen-bond acceptors (Lipinski definition) is 1. The van der Waals surface area contributed by atoms with Crippen molar-refractivity contribution in [2.24, 2.45) is 5.92 Å². The van der Waals surface area contributed by atoms with E-state index in [1.165, 1.54) is 51.4 Å². The van der Waals surface area contributed by atoms with Crippen molar-refractivity contribution in [3.8, 4) is 6.07 Å². The van der Waals surface area contributed by atoms with Gasteiger partial charge in [-0.25, -0.2) is 0 Å². The van der Waals surface area contributed by atoms with Crippen molar-refractivity contribution in [2.75, 3.05) is 0 Å². The molecular weight excluding hydrogens is 278 g/mol. The van der Waals surface area contributed by atoms with Crippen LogP contribution in [-0.4, -0.2) is 0 Å². The van der Waals surface area contributed by atoms with Gasteiger partial charge in [-0.1, -0.05) is 63.8 Å². The van der Waals surface area contributed by atoms with Crippen LogP contribution in [0.3, 0.4) is 0 Å². The van der Waals surface area contributed by atoms with Crippen LogP contribution >= 0.6 is 0 Å². The standard InChI is InChI=1S/C22H39N/c1-3-5-7-9-11-13-15-17-19-22(21-23)20-18-16-14-12-10-8-6-4-2/h11-14,22H,3-10,15-20H2,1-2H3/b13-11-,14-12-. The van der Waals surface area contributed by atoms with E-state index in [2.05, 4.69) is 44.2 Å². The molecule has 0 amide bonds. The molecule has 0 fully saturated rings. The number of allylic oxidation sites excluding steroid dienone is 4. The molecule has 1 nitrogen and oxygen atoms in total. The second-order valence-electron chi connectivity index (χ2n) is 6.62. The predicted molar refractivity (Wildman–Crippen MR) is 103 cm³/mol. The quantitative estimate of drug-likeness (QED) is 0.211. The summed E-state index contributed by atoms with van der Waals surface area (Å²) in [6.45, 7) is 4.49. The molecule has 0 atom stereocenters. The summed E-state index contributed by atoms with van der Waals surface area (Å²) in [5, 5.41) is 9.24. The van der Waals surface area contributed by atoms with E-state index in [0.29, 0.717) is 0 Å². The zero-order valence-corrected chi connectivity index (χ0v) is 15.7. The van der Waals surface area contributed by atoms with Crippen molar-refractivity contribution in [3.63, 3.8) is 0 Å². The van der Waals surface area contributed by atoms with Gasteiger partial charge in [-0.2, -0.15) is 5.26 Å². The Labute approximate surface area is 145 Å². The molecule has 0 aliphatic rings. The number of rotatable bonds is 16. The summed E-state index contributed by atoms with van der Waals surface area (Å²) in [6.07, 6.45) is 26.4. The van der Waals surface area contributed by atoms with E-state index in [4.69, 9.17) is 0 Å². The fraction of sp³-hybridized carbons (Fsp3) is 0.773. The lowest BCUT2D eigenvalue weighted by atomic mass is 9.97. The molecule has 0 aromatic heterocycles. The monoisotopic (exact) mass is 317 g/mol. The zero-order valence-electron chi connectivity index (χ0n) is 15.7. The van der Waals surface area contributed by atoms with Crippen LogP contribution in [-0.2, 0) is 0 Å². The van der Waals surface area contributed by atoms with Crippen LogP contribution in [0.25, 0.3) is 0 Å². The Kier molecular flexibility index (Phi) is 18.2. The van der Waals surface area contributed by atoms with Gasteiger partial charge in [0.25, 0.3) is 0 Å². The highest BCUT2D eigenvalue weighted by Gasteiger charge is 2.05. The average molecular weight is 318 g/mol. The molecule has 0 radical (unpaired) electrons. The van der Waals surface area contributed by atoms with Crippen molar-refractivity contribution in [1.82, 2.24) is 0 Å². The van der Waals surface area contributed by atoms with Crippen LogP contribution < -0.4 is 0 Å². The Morgan fingerprint density at radius 1 is 0.652 bits per heavy atom. The SMILES string of the molecule is CCCCC/C=C\CCCC(C#N)CCC/C=C\CCCCC. The lowest BCUT2D eigenvalue weighted by molar-refractivity contribution is 0.518. The van der Waals surface area contributed by atoms with Crippen LogP contribution in [0.2, 0.25) is 0 Å². The molecule has 132 valence electrons. The number of unbranched alkanes of at least 4 members (excludes halogenated alkanes) is 8. The van der Waals surface area contributed by atoms with E-state index in [1.807, 2.05) is 0 Å². The first-order chi connectivity index (χ1) is 11.3. The Bertz CT molecular complexity index is 295. The van der Waals surface area contributed by atoms with Crippen LogP contribution in [0.1, 0.15) is 104 Å². The predicted octanol–water partition coefficient (Wildman–Crippen LogP) is 7.74. The molecule has 0 saturated heterocycles. The van der Waals surface area contributed by atoms with Crippen molar-refractivity contribution in [2.45, 2.75) is 104 Å². The lowest BCUT2D eigenvalue weighted by Gasteiger charge is -2.06. The smallest absolute Gasteiger partial charge is 0.0655 e. The highest BCUT2D eigenvalue weighted by Crippen LogP contribution is 2.16. The zero-order chi connectivity index (χ0) is 17.0. The van der Waals surface area contributed by atoms with Gasteiger partial charge in [0.2, 0.25) is 0 Å². The largest absolute Gasteiger partial charge is 0.198 e. The Morgan fingerprint density at radius 2 is 1.04 bits per heavy atom. The molecule has 0 unspecified atom stereocenters. The number of hydrogen-bond donors (Lipinski definition) is 0. The summed E-state index contributed by atoms with van der Waals surface area (Å²) in [5.74, 6) is 0.261. The average Bonchev–Trinajstić information content (AvgIpc) is 2.57. The van der Waals surface area contributed by atoms with Gasteiger partial charge in [-0.15, -0.1) is 0 Å². The first-order valence-electron chi connectivity index (χ1n) is 10.0. The lowest BCUT2D eigenvalue weighted by Crippen LogP contribution is -1.96. The van der Waals surface area contributed by atoms with E-state index >= 15 is 0 Å². The van der Waals surface area contributed by atoms with Gasteiger partial charge in [0.1, 0.15) is 0 Å². The molecule has 0 heterocycles. The number of nitrogens with zero attached hydrogens (tertiary/aromatic N) is 1. The van der Waals surface area contributed by atoms with Crippen LogP contribution in [0.4, 0.5) is 0 Å². The molecular formula is C22H39N. The van der Waals surface area contributed by atoms with E-state index in [1.54, 1.807) is 0 Å². The first-order valence-corrected chi connectivity index (χ1v) is 10.0. The van der Waals surface area contributed by atoms with Gasteiger partial charge in [0.05, 0.1) is 6.07 Å². The second-order valence-corrected chi connectivity index (χ2v) is 6.62. The molecule has 0 bridgehead atoms. The Balaban J connectivity index is 3.50. The highest BCUT2D eigenvalue weighted by molar-refractivity contribution is 4.87. The minimum absolute atomic E-state index is 0.261. The fourth-order valence-corrected chi connectivity index (χ4v) is 2.73. The second kappa shape index (κ2) is 19.0. The normalized spacial score (nSPS) is 11.7. The molecule has 0 spiro atoms. The van der Waals surface area contributed by atoms with Crippen LogP contribution in [0, 0.1) is 17.2 Å². The summed E-state index contributed by atoms with van der Waals surface area (Å²) in [7, 11) is 0. The summed E-state index contributed by atoms with van der Waals surface area (Å²) >= 11 is 0. The molecule has 23 heavy (non-hydrogen) atoms. The van der Waals surface area contributed by atoms with E-state index in [9.17, 15) is 5.26 Å². The van der Waals surface area contributed by atoms with Crippen LogP contribution in [0.5, 0.6) is 0 Å².